The van der Waals surface area contributed by atoms with Gasteiger partial charge < -0.3 is 44.2 Å². The fraction of sp³-hybridized carbons (Fsp3) is 0.500. The minimum absolute atomic E-state index is 0. The minimum atomic E-state index is -5.41. The predicted octanol–water partition coefficient (Wildman–Crippen LogP) is -8.86. The molecule has 0 amide bonds. The van der Waals surface area contributed by atoms with Crippen LogP contribution in [0.1, 0.15) is 6.23 Å². The number of rotatable bonds is 6. The summed E-state index contributed by atoms with van der Waals surface area (Å²) in [4.78, 5) is 50.0. The van der Waals surface area contributed by atoms with Crippen LogP contribution in [-0.4, -0.2) is 59.3 Å². The molecule has 15 nitrogen and oxygen atoms in total. The Morgan fingerprint density at radius 2 is 1.90 bits per heavy atom. The number of nitrogens with zero attached hydrogens (tertiary/aromatic N) is 4. The first kappa shape index (κ1) is 28.5. The van der Waals surface area contributed by atoms with Crippen molar-refractivity contribution >= 4 is 32.6 Å². The van der Waals surface area contributed by atoms with Gasteiger partial charge in [0, 0.05) is 0 Å². The van der Waals surface area contributed by atoms with Crippen LogP contribution in [-0.2, 0) is 22.9 Å². The van der Waals surface area contributed by atoms with E-state index in [1.54, 1.807) is 0 Å². The van der Waals surface area contributed by atoms with Crippen molar-refractivity contribution in [3.8, 4) is 0 Å². The number of phosphoric ester groups is 2. The topological polar surface area (TPSA) is 238 Å². The zero-order valence-electron chi connectivity index (χ0n) is 15.4. The van der Waals surface area contributed by atoms with E-state index in [9.17, 15) is 28.4 Å². The van der Waals surface area contributed by atoms with Gasteiger partial charge >= 0.3 is 65.2 Å². The number of nitrogens with two attached hydrogens (primary N) is 1. The van der Waals surface area contributed by atoms with E-state index >= 15 is 0 Å². The SMILES string of the molecule is Nc1nc(F)nc2c1ncn2[C@@H]1O[C@H](COP(=O)([O-])O)[C@@H](OP(=O)([O-])O)[C@@H]1O.[Na+].[Na+]. The van der Waals surface area contributed by atoms with Crippen molar-refractivity contribution in [2.45, 2.75) is 24.5 Å². The Morgan fingerprint density at radius 1 is 1.27 bits per heavy atom. The molecule has 2 unspecified atom stereocenters. The summed E-state index contributed by atoms with van der Waals surface area (Å²) in [6.07, 6.45) is -7.06. The molecule has 6 atom stereocenters. The Morgan fingerprint density at radius 3 is 2.47 bits per heavy atom. The number of nitrogen functional groups attached to an aromatic ring is 1. The van der Waals surface area contributed by atoms with Crippen molar-refractivity contribution in [3.63, 3.8) is 0 Å². The molecule has 3 rings (SSSR count). The van der Waals surface area contributed by atoms with E-state index in [4.69, 9.17) is 20.3 Å². The maximum Gasteiger partial charge on any atom is 1.00 e. The number of ether oxygens (including phenoxy) is 1. The number of imidazole rings is 1. The molecule has 156 valence electrons. The van der Waals surface area contributed by atoms with Gasteiger partial charge in [-0.1, -0.05) is 0 Å². The fourth-order valence-electron chi connectivity index (χ4n) is 2.63. The number of fused-ring (bicyclic) bond motifs is 1. The van der Waals surface area contributed by atoms with Crippen molar-refractivity contribution in [2.75, 3.05) is 12.3 Å². The van der Waals surface area contributed by atoms with Crippen LogP contribution in [0.5, 0.6) is 0 Å². The number of aliphatic hydroxyl groups is 1. The molecule has 0 spiro atoms. The predicted molar refractivity (Wildman–Crippen MR) is 80.1 cm³/mol. The van der Waals surface area contributed by atoms with Crippen LogP contribution in [0.25, 0.3) is 11.2 Å². The normalized spacial score (nSPS) is 27.7. The second kappa shape index (κ2) is 10.6. The van der Waals surface area contributed by atoms with Gasteiger partial charge in [-0.25, -0.2) is 4.98 Å². The smallest absolute Gasteiger partial charge is 0.756 e. The van der Waals surface area contributed by atoms with Gasteiger partial charge in [-0.05, 0) is 0 Å². The van der Waals surface area contributed by atoms with Gasteiger partial charge in [0.1, 0.15) is 18.3 Å². The van der Waals surface area contributed by atoms with Crippen molar-refractivity contribution in [3.05, 3.63) is 12.4 Å². The summed E-state index contributed by atoms with van der Waals surface area (Å²) in [7, 11) is -10.6. The molecule has 1 aliphatic heterocycles. The van der Waals surface area contributed by atoms with Gasteiger partial charge in [0.05, 0.1) is 12.9 Å². The summed E-state index contributed by atoms with van der Waals surface area (Å²) >= 11 is 0. The number of halogens is 1. The first-order valence-electron chi connectivity index (χ1n) is 7.25. The van der Waals surface area contributed by atoms with Crippen molar-refractivity contribution in [2.24, 2.45) is 0 Å². The van der Waals surface area contributed by atoms with Crippen LogP contribution >= 0.6 is 15.6 Å². The number of hydrogen-bond donors (Lipinski definition) is 4. The van der Waals surface area contributed by atoms with Gasteiger partial charge in [0.2, 0.25) is 0 Å². The zero-order valence-corrected chi connectivity index (χ0v) is 21.2. The average Bonchev–Trinajstić information content (AvgIpc) is 3.06. The average molecular weight is 489 g/mol. The fourth-order valence-corrected chi connectivity index (χ4v) is 3.54. The monoisotopic (exact) mass is 489 g/mol. The molecule has 1 aliphatic rings. The molecule has 1 saturated heterocycles. The molecule has 5 N–H and O–H groups in total. The number of aliphatic hydroxyl groups excluding tert-OH is 1. The summed E-state index contributed by atoms with van der Waals surface area (Å²) in [6, 6.07) is 0. The van der Waals surface area contributed by atoms with Crippen molar-refractivity contribution < 1.29 is 111 Å². The van der Waals surface area contributed by atoms with Gasteiger partial charge in [-0.15, -0.1) is 0 Å². The first-order chi connectivity index (χ1) is 12.9. The molecule has 1 fully saturated rings. The molecule has 2 aromatic heterocycles. The zero-order chi connectivity index (χ0) is 20.9. The molecule has 2 aromatic rings. The summed E-state index contributed by atoms with van der Waals surface area (Å²) in [5.41, 5.74) is 5.22. The molecule has 3 heterocycles. The minimum Gasteiger partial charge on any atom is -0.756 e. The largest absolute Gasteiger partial charge is 1.00 e. The number of anilines is 1. The van der Waals surface area contributed by atoms with Crippen LogP contribution in [0.15, 0.2) is 6.33 Å². The van der Waals surface area contributed by atoms with Crippen molar-refractivity contribution in [1.82, 2.24) is 19.5 Å². The van der Waals surface area contributed by atoms with Crippen LogP contribution in [0, 0.1) is 6.08 Å². The first-order valence-corrected chi connectivity index (χ1v) is 10.2. The third kappa shape index (κ3) is 6.71. The Balaban J connectivity index is 0.00000225. The van der Waals surface area contributed by atoms with Crippen LogP contribution in [0.3, 0.4) is 0 Å². The maximum atomic E-state index is 13.5. The molecular weight excluding hydrogens is 477 g/mol. The van der Waals surface area contributed by atoms with E-state index in [0.717, 1.165) is 10.9 Å². The second-order valence-corrected chi connectivity index (χ2v) is 7.90. The molecule has 0 aliphatic carbocycles. The van der Waals surface area contributed by atoms with Gasteiger partial charge in [0.25, 0.3) is 15.6 Å². The summed E-state index contributed by atoms with van der Waals surface area (Å²) in [5.74, 6) is -0.326. The molecule has 0 bridgehead atoms. The van der Waals surface area contributed by atoms with Crippen molar-refractivity contribution in [1.29, 1.82) is 0 Å². The molecular formula is C10H12FN5Na2O10P2. The molecule has 0 aromatic carbocycles. The van der Waals surface area contributed by atoms with Crippen LogP contribution in [0.4, 0.5) is 10.2 Å². The van der Waals surface area contributed by atoms with E-state index in [1.807, 2.05) is 0 Å². The van der Waals surface area contributed by atoms with Gasteiger partial charge in [-0.2, -0.15) is 14.4 Å². The quantitative estimate of drug-likeness (QED) is 0.167. The Bertz CT molecular complexity index is 988. The summed E-state index contributed by atoms with van der Waals surface area (Å²) in [5, 5.41) is 10.4. The number of hydrogen-bond acceptors (Lipinski definition) is 12. The third-order valence-corrected chi connectivity index (χ3v) is 4.65. The Hall–Kier alpha value is 0.420. The number of aromatic nitrogens is 4. The Labute approximate surface area is 211 Å². The second-order valence-electron chi connectivity index (χ2n) is 5.56. The maximum absolute atomic E-state index is 13.5. The van der Waals surface area contributed by atoms with Gasteiger partial charge in [-0.3, -0.25) is 13.7 Å². The molecule has 0 saturated carbocycles. The molecule has 30 heavy (non-hydrogen) atoms. The summed E-state index contributed by atoms with van der Waals surface area (Å²) in [6.45, 7) is -0.979. The molecule has 20 heteroatoms. The van der Waals surface area contributed by atoms with E-state index in [2.05, 4.69) is 24.0 Å². The van der Waals surface area contributed by atoms with Crippen LogP contribution < -0.4 is 74.6 Å². The Kier molecular flexibility index (Phi) is 10.0. The summed E-state index contributed by atoms with van der Waals surface area (Å²) < 4.78 is 50.0. The van der Waals surface area contributed by atoms with Crippen LogP contribution in [0.2, 0.25) is 0 Å². The third-order valence-electron chi connectivity index (χ3n) is 3.66. The van der Waals surface area contributed by atoms with E-state index in [0.29, 0.717) is 0 Å². The number of phosphoric acid groups is 2. The van der Waals surface area contributed by atoms with E-state index < -0.39 is 52.9 Å². The standard InChI is InChI=1S/C10H14FN5O10P2.2Na/c11-10-14-7(12)4-8(15-10)16(2-13-4)9-5(17)6(26-28(21,22)23)3(25-9)1-24-27(18,19)20;;/h2-3,5-6,9,17H,1H2,(H2,12,14,15)(H2,18,19,20)(H2,21,22,23);;/q;2*+1/p-2/t3-,5+,6-,9-;;/m1../s1. The van der Waals surface area contributed by atoms with E-state index in [1.165, 1.54) is 0 Å². The van der Waals surface area contributed by atoms with Gasteiger partial charge in [0.15, 0.2) is 23.2 Å². The van der Waals surface area contributed by atoms with E-state index in [-0.39, 0.29) is 76.1 Å². The molecule has 0 radical (unpaired) electrons.